The van der Waals surface area contributed by atoms with Crippen LogP contribution in [0, 0.1) is 19.7 Å². The van der Waals surface area contributed by atoms with Crippen molar-refractivity contribution in [1.82, 2.24) is 0 Å². The third-order valence-corrected chi connectivity index (χ3v) is 6.18. The molecule has 1 atom stereocenters. The fourth-order valence-corrected chi connectivity index (χ4v) is 4.66. The van der Waals surface area contributed by atoms with Crippen LogP contribution < -0.4 is 9.64 Å². The van der Waals surface area contributed by atoms with Crippen LogP contribution in [0.5, 0.6) is 5.75 Å². The molecule has 0 fully saturated rings. The number of aryl methyl sites for hydroxylation is 2. The summed E-state index contributed by atoms with van der Waals surface area (Å²) in [6.45, 7) is 4.37. The summed E-state index contributed by atoms with van der Waals surface area (Å²) in [6.07, 6.45) is 0.177. The van der Waals surface area contributed by atoms with Crippen LogP contribution in [0.2, 0.25) is 0 Å². The number of cyclic esters (lactones) is 1. The second-order valence-corrected chi connectivity index (χ2v) is 8.75. The van der Waals surface area contributed by atoms with Crippen LogP contribution in [0.4, 0.5) is 10.1 Å². The lowest BCUT2D eigenvalue weighted by atomic mass is 9.84. The molecule has 5 rings (SSSR count). The van der Waals surface area contributed by atoms with Gasteiger partial charge in [0.15, 0.2) is 0 Å². The van der Waals surface area contributed by atoms with E-state index in [1.807, 2.05) is 56.3 Å². The Balaban J connectivity index is 1.40. The SMILES string of the molecule is Cc1cc(C)cc(N2C(=O)CC(c3ccc(OCc4ccc(F)cc4)cc3)C3=C2COC3=O)c1. The van der Waals surface area contributed by atoms with Crippen LogP contribution in [0.15, 0.2) is 78.0 Å². The number of carbonyl (C=O) groups is 2. The van der Waals surface area contributed by atoms with Crippen molar-refractivity contribution in [2.45, 2.75) is 32.8 Å². The smallest absolute Gasteiger partial charge is 0.336 e. The molecule has 0 aromatic heterocycles. The zero-order valence-electron chi connectivity index (χ0n) is 19.0. The van der Waals surface area contributed by atoms with Crippen LogP contribution in [-0.4, -0.2) is 18.5 Å². The predicted octanol–water partition coefficient (Wildman–Crippen LogP) is 5.35. The molecule has 34 heavy (non-hydrogen) atoms. The maximum absolute atomic E-state index is 13.3. The molecule has 3 aromatic carbocycles. The quantitative estimate of drug-likeness (QED) is 0.485. The number of ether oxygens (including phenoxy) is 2. The highest BCUT2D eigenvalue weighted by molar-refractivity contribution is 6.06. The highest BCUT2D eigenvalue weighted by Gasteiger charge is 2.43. The van der Waals surface area contributed by atoms with Crippen LogP contribution in [0.25, 0.3) is 0 Å². The lowest BCUT2D eigenvalue weighted by molar-refractivity contribution is -0.136. The predicted molar refractivity (Wildman–Crippen MR) is 126 cm³/mol. The monoisotopic (exact) mass is 457 g/mol. The average molecular weight is 458 g/mol. The van der Waals surface area contributed by atoms with Gasteiger partial charge in [-0.1, -0.05) is 30.3 Å². The minimum Gasteiger partial charge on any atom is -0.489 e. The number of rotatable bonds is 5. The number of halogens is 1. The molecule has 0 radical (unpaired) electrons. The summed E-state index contributed by atoms with van der Waals surface area (Å²) in [5.41, 5.74) is 5.73. The highest BCUT2D eigenvalue weighted by atomic mass is 19.1. The number of benzene rings is 3. The second-order valence-electron chi connectivity index (χ2n) is 8.75. The third-order valence-electron chi connectivity index (χ3n) is 6.18. The minimum absolute atomic E-state index is 0.0660. The van der Waals surface area contributed by atoms with E-state index in [4.69, 9.17) is 9.47 Å². The minimum atomic E-state index is -0.376. The molecule has 3 aromatic rings. The van der Waals surface area contributed by atoms with E-state index in [0.29, 0.717) is 23.6 Å². The molecule has 6 heteroatoms. The summed E-state index contributed by atoms with van der Waals surface area (Å²) in [4.78, 5) is 27.6. The molecule has 2 aliphatic rings. The first kappa shape index (κ1) is 21.9. The van der Waals surface area contributed by atoms with Crippen molar-refractivity contribution in [3.8, 4) is 5.75 Å². The Kier molecular flexibility index (Phi) is 5.65. The molecule has 0 aliphatic carbocycles. The summed E-state index contributed by atoms with van der Waals surface area (Å²) in [6, 6.07) is 19.5. The van der Waals surface area contributed by atoms with Gasteiger partial charge in [-0.2, -0.15) is 0 Å². The Hall–Kier alpha value is -3.93. The molecule has 0 bridgehead atoms. The number of amides is 1. The number of esters is 1. The lowest BCUT2D eigenvalue weighted by Crippen LogP contribution is -2.37. The van der Waals surface area contributed by atoms with E-state index in [0.717, 1.165) is 27.9 Å². The summed E-state index contributed by atoms with van der Waals surface area (Å²) in [7, 11) is 0. The summed E-state index contributed by atoms with van der Waals surface area (Å²) < 4.78 is 24.2. The van der Waals surface area contributed by atoms with Crippen molar-refractivity contribution in [3.05, 3.63) is 106 Å². The normalized spacial score (nSPS) is 17.6. The molecule has 1 amide bonds. The summed E-state index contributed by atoms with van der Waals surface area (Å²) in [5.74, 6) is -0.450. The molecule has 2 aliphatic heterocycles. The van der Waals surface area contributed by atoms with Gasteiger partial charge >= 0.3 is 5.97 Å². The van der Waals surface area contributed by atoms with Crippen molar-refractivity contribution in [3.63, 3.8) is 0 Å². The number of carbonyl (C=O) groups excluding carboxylic acids is 2. The van der Waals surface area contributed by atoms with Crippen molar-refractivity contribution in [1.29, 1.82) is 0 Å². The molecular formula is C28H24FNO4. The van der Waals surface area contributed by atoms with Crippen molar-refractivity contribution < 1.29 is 23.5 Å². The van der Waals surface area contributed by atoms with E-state index < -0.39 is 0 Å². The molecule has 5 nitrogen and oxygen atoms in total. The molecule has 0 saturated carbocycles. The summed E-state index contributed by atoms with van der Waals surface area (Å²) >= 11 is 0. The molecule has 0 saturated heterocycles. The van der Waals surface area contributed by atoms with Gasteiger partial charge in [-0.15, -0.1) is 0 Å². The van der Waals surface area contributed by atoms with Gasteiger partial charge in [0, 0.05) is 18.0 Å². The van der Waals surface area contributed by atoms with Gasteiger partial charge in [-0.05, 0) is 72.5 Å². The van der Waals surface area contributed by atoms with Gasteiger partial charge in [0.2, 0.25) is 5.91 Å². The van der Waals surface area contributed by atoms with Crippen molar-refractivity contribution in [2.75, 3.05) is 11.5 Å². The van der Waals surface area contributed by atoms with Crippen molar-refractivity contribution in [2.24, 2.45) is 0 Å². The van der Waals surface area contributed by atoms with Gasteiger partial charge in [-0.3, -0.25) is 9.69 Å². The zero-order chi connectivity index (χ0) is 23.8. The van der Waals surface area contributed by atoms with E-state index in [1.54, 1.807) is 17.0 Å². The van der Waals surface area contributed by atoms with Crippen LogP contribution in [-0.2, 0) is 20.9 Å². The highest BCUT2D eigenvalue weighted by Crippen LogP contribution is 2.42. The molecule has 172 valence electrons. The number of hydrogen-bond acceptors (Lipinski definition) is 4. The lowest BCUT2D eigenvalue weighted by Gasteiger charge is -2.32. The fourth-order valence-electron chi connectivity index (χ4n) is 4.66. The Bertz CT molecular complexity index is 1270. The van der Waals surface area contributed by atoms with E-state index in [1.165, 1.54) is 12.1 Å². The van der Waals surface area contributed by atoms with Crippen LogP contribution >= 0.6 is 0 Å². The zero-order valence-corrected chi connectivity index (χ0v) is 19.0. The topological polar surface area (TPSA) is 55.8 Å². The molecular weight excluding hydrogens is 433 g/mol. The van der Waals surface area contributed by atoms with E-state index in [-0.39, 0.29) is 36.6 Å². The maximum atomic E-state index is 13.3. The van der Waals surface area contributed by atoms with Crippen LogP contribution in [0.1, 0.15) is 34.6 Å². The molecule has 1 unspecified atom stereocenters. The Morgan fingerprint density at radius 3 is 2.32 bits per heavy atom. The molecule has 2 heterocycles. The number of hydrogen-bond donors (Lipinski definition) is 0. The van der Waals surface area contributed by atoms with Crippen LogP contribution in [0.3, 0.4) is 0 Å². The fraction of sp³-hybridized carbons (Fsp3) is 0.214. The van der Waals surface area contributed by atoms with E-state index >= 15 is 0 Å². The summed E-state index contributed by atoms with van der Waals surface area (Å²) in [5, 5.41) is 0. The van der Waals surface area contributed by atoms with Gasteiger partial charge in [-0.25, -0.2) is 9.18 Å². The standard InChI is InChI=1S/C28H24FNO4/c1-17-11-18(2)13-22(12-17)30-25-16-34-28(32)27(25)24(14-26(30)31)20-5-9-23(10-6-20)33-15-19-3-7-21(29)8-4-19/h3-13,24H,14-16H2,1-2H3. The first-order valence-electron chi connectivity index (χ1n) is 11.2. The first-order chi connectivity index (χ1) is 16.4. The largest absolute Gasteiger partial charge is 0.489 e. The van der Waals surface area contributed by atoms with E-state index in [2.05, 4.69) is 0 Å². The molecule has 0 N–H and O–H groups in total. The average Bonchev–Trinajstić information content (AvgIpc) is 3.19. The van der Waals surface area contributed by atoms with Gasteiger partial charge in [0.25, 0.3) is 0 Å². The second kappa shape index (κ2) is 8.78. The van der Waals surface area contributed by atoms with Gasteiger partial charge in [0.05, 0.1) is 11.3 Å². The third kappa shape index (κ3) is 4.19. The van der Waals surface area contributed by atoms with Gasteiger partial charge in [0.1, 0.15) is 24.8 Å². The molecule has 0 spiro atoms. The Labute approximate surface area is 197 Å². The van der Waals surface area contributed by atoms with Gasteiger partial charge < -0.3 is 9.47 Å². The van der Waals surface area contributed by atoms with Crippen molar-refractivity contribution >= 4 is 17.6 Å². The Morgan fingerprint density at radius 2 is 1.65 bits per heavy atom. The Morgan fingerprint density at radius 1 is 0.971 bits per heavy atom. The number of anilines is 1. The first-order valence-corrected chi connectivity index (χ1v) is 11.2. The maximum Gasteiger partial charge on any atom is 0.336 e. The number of nitrogens with zero attached hydrogens (tertiary/aromatic N) is 1. The van der Waals surface area contributed by atoms with E-state index in [9.17, 15) is 14.0 Å².